The molecule has 0 aromatic carbocycles. The molecule has 1 atom stereocenters. The van der Waals surface area contributed by atoms with E-state index in [-0.39, 0.29) is 0 Å². The number of rotatable bonds is 6. The van der Waals surface area contributed by atoms with Crippen molar-refractivity contribution in [2.24, 2.45) is 0 Å². The molecule has 0 radical (unpaired) electrons. The lowest BCUT2D eigenvalue weighted by Gasteiger charge is -2.21. The summed E-state index contributed by atoms with van der Waals surface area (Å²) >= 11 is 1.54. The molecule has 1 unspecified atom stereocenters. The minimum Gasteiger partial charge on any atom is -0.480 e. The molecular weight excluding hydrogens is 254 g/mol. The maximum Gasteiger partial charge on any atom is 0.408 e. The summed E-state index contributed by atoms with van der Waals surface area (Å²) in [4.78, 5) is 22.4. The highest BCUT2D eigenvalue weighted by Gasteiger charge is 2.23. The lowest BCUT2D eigenvalue weighted by Crippen LogP contribution is -2.43. The van der Waals surface area contributed by atoms with Gasteiger partial charge in [0.2, 0.25) is 0 Å². The second kappa shape index (κ2) is 8.02. The van der Waals surface area contributed by atoms with Crippen molar-refractivity contribution in [3.05, 3.63) is 11.5 Å². The highest BCUT2D eigenvalue weighted by Crippen LogP contribution is 2.08. The van der Waals surface area contributed by atoms with Gasteiger partial charge in [-0.05, 0) is 45.3 Å². The van der Waals surface area contributed by atoms with Crippen molar-refractivity contribution in [2.75, 3.05) is 6.26 Å². The number of amides is 1. The van der Waals surface area contributed by atoms with Crippen LogP contribution in [0, 0.1) is 0 Å². The van der Waals surface area contributed by atoms with E-state index in [4.69, 9.17) is 9.84 Å². The van der Waals surface area contributed by atoms with E-state index < -0.39 is 23.7 Å². The monoisotopic (exact) mass is 275 g/mol. The van der Waals surface area contributed by atoms with Crippen molar-refractivity contribution in [2.45, 2.75) is 45.3 Å². The van der Waals surface area contributed by atoms with E-state index >= 15 is 0 Å². The Bertz CT molecular complexity index is 310. The van der Waals surface area contributed by atoms with Crippen LogP contribution in [0.4, 0.5) is 4.79 Å². The summed E-state index contributed by atoms with van der Waals surface area (Å²) in [5.41, 5.74) is -0.633. The van der Waals surface area contributed by atoms with Gasteiger partial charge in [-0.25, -0.2) is 9.59 Å². The fraction of sp³-hybridized carbons (Fsp3) is 0.667. The molecule has 0 spiro atoms. The van der Waals surface area contributed by atoms with Crippen LogP contribution in [0.2, 0.25) is 0 Å². The van der Waals surface area contributed by atoms with E-state index in [1.165, 1.54) is 0 Å². The smallest absolute Gasteiger partial charge is 0.408 e. The highest BCUT2D eigenvalue weighted by molar-refractivity contribution is 8.01. The molecule has 2 N–H and O–H groups in total. The second-order valence-corrected chi connectivity index (χ2v) is 5.47. The SMILES string of the molecule is CS/C=C/CCC(NC(=O)OC(C)(C)C)C(=O)O. The minimum absolute atomic E-state index is 0.339. The molecule has 0 rings (SSSR count). The van der Waals surface area contributed by atoms with Gasteiger partial charge in [0.15, 0.2) is 0 Å². The molecule has 0 aromatic heterocycles. The molecule has 0 saturated carbocycles. The third-order valence-corrected chi connectivity index (χ3v) is 2.31. The van der Waals surface area contributed by atoms with Gasteiger partial charge in [-0.3, -0.25) is 0 Å². The van der Waals surface area contributed by atoms with Crippen LogP contribution in [-0.2, 0) is 9.53 Å². The van der Waals surface area contributed by atoms with Crippen molar-refractivity contribution in [3.8, 4) is 0 Å². The molecule has 1 amide bonds. The first-order valence-corrected chi connectivity index (χ1v) is 6.95. The Morgan fingerprint density at radius 2 is 2.06 bits per heavy atom. The van der Waals surface area contributed by atoms with E-state index in [0.29, 0.717) is 12.8 Å². The second-order valence-electron chi connectivity index (χ2n) is 4.72. The quantitative estimate of drug-likeness (QED) is 0.779. The summed E-state index contributed by atoms with van der Waals surface area (Å²) in [6.07, 6.45) is 4.02. The Hall–Kier alpha value is -1.17. The van der Waals surface area contributed by atoms with Gasteiger partial charge in [0.25, 0.3) is 0 Å². The number of carboxylic acid groups (broad SMARTS) is 1. The van der Waals surface area contributed by atoms with E-state index in [1.54, 1.807) is 32.5 Å². The number of nitrogens with one attached hydrogen (secondary N) is 1. The Labute approximate surface area is 112 Å². The van der Waals surface area contributed by atoms with Gasteiger partial charge in [0.05, 0.1) is 0 Å². The summed E-state index contributed by atoms with van der Waals surface area (Å²) in [6, 6.07) is -0.925. The molecule has 104 valence electrons. The molecule has 0 aliphatic heterocycles. The largest absolute Gasteiger partial charge is 0.480 e. The molecule has 0 saturated heterocycles. The van der Waals surface area contributed by atoms with Crippen LogP contribution in [0.3, 0.4) is 0 Å². The van der Waals surface area contributed by atoms with Crippen LogP contribution < -0.4 is 5.32 Å². The number of allylic oxidation sites excluding steroid dienone is 1. The first-order chi connectivity index (χ1) is 8.26. The van der Waals surface area contributed by atoms with Crippen molar-refractivity contribution in [1.82, 2.24) is 5.32 Å². The number of carbonyl (C=O) groups is 2. The predicted molar refractivity (Wildman–Crippen MR) is 72.7 cm³/mol. The van der Waals surface area contributed by atoms with Gasteiger partial charge < -0.3 is 15.2 Å². The van der Waals surface area contributed by atoms with Crippen molar-refractivity contribution < 1.29 is 19.4 Å². The molecule has 0 aliphatic rings. The molecule has 6 heteroatoms. The van der Waals surface area contributed by atoms with Crippen LogP contribution in [0.1, 0.15) is 33.6 Å². The topological polar surface area (TPSA) is 75.6 Å². The van der Waals surface area contributed by atoms with Gasteiger partial charge in [-0.15, -0.1) is 11.8 Å². The molecule has 0 aromatic rings. The number of thioether (sulfide) groups is 1. The van der Waals surface area contributed by atoms with Crippen LogP contribution in [0.25, 0.3) is 0 Å². The van der Waals surface area contributed by atoms with Gasteiger partial charge in [0.1, 0.15) is 11.6 Å². The van der Waals surface area contributed by atoms with Crippen LogP contribution >= 0.6 is 11.8 Å². The van der Waals surface area contributed by atoms with E-state index in [0.717, 1.165) is 0 Å². The highest BCUT2D eigenvalue weighted by atomic mass is 32.2. The number of hydrogen-bond acceptors (Lipinski definition) is 4. The van der Waals surface area contributed by atoms with Gasteiger partial charge >= 0.3 is 12.1 Å². The summed E-state index contributed by atoms with van der Waals surface area (Å²) in [5, 5.41) is 13.2. The normalized spacial score (nSPS) is 13.3. The maximum atomic E-state index is 11.4. The number of alkyl carbamates (subject to hydrolysis) is 1. The molecule has 0 aliphatic carbocycles. The number of carboxylic acids is 1. The summed E-state index contributed by atoms with van der Waals surface area (Å²) < 4.78 is 5.01. The zero-order chi connectivity index (χ0) is 14.2. The Morgan fingerprint density at radius 3 is 2.50 bits per heavy atom. The molecule has 0 bridgehead atoms. The number of hydrogen-bond donors (Lipinski definition) is 2. The van der Waals surface area contributed by atoms with Gasteiger partial charge in [-0.1, -0.05) is 6.08 Å². The van der Waals surface area contributed by atoms with Crippen LogP contribution in [-0.4, -0.2) is 35.1 Å². The maximum absolute atomic E-state index is 11.4. The van der Waals surface area contributed by atoms with Gasteiger partial charge in [-0.2, -0.15) is 0 Å². The molecule has 5 nitrogen and oxygen atoms in total. The summed E-state index contributed by atoms with van der Waals surface area (Å²) in [5.74, 6) is -1.06. The zero-order valence-corrected chi connectivity index (χ0v) is 12.0. The van der Waals surface area contributed by atoms with Crippen molar-refractivity contribution in [3.63, 3.8) is 0 Å². The third-order valence-electron chi connectivity index (χ3n) is 1.84. The molecule has 0 fully saturated rings. The van der Waals surface area contributed by atoms with E-state index in [2.05, 4.69) is 5.32 Å². The Kier molecular flexibility index (Phi) is 7.50. The van der Waals surface area contributed by atoms with Crippen LogP contribution in [0.5, 0.6) is 0 Å². The fourth-order valence-electron chi connectivity index (χ4n) is 1.13. The van der Waals surface area contributed by atoms with Crippen LogP contribution in [0.15, 0.2) is 11.5 Å². The molecular formula is C12H21NO4S. The molecule has 18 heavy (non-hydrogen) atoms. The number of aliphatic carboxylic acids is 1. The predicted octanol–water partition coefficient (Wildman–Crippen LogP) is 2.62. The fourth-order valence-corrected chi connectivity index (χ4v) is 1.46. The Morgan fingerprint density at radius 1 is 1.44 bits per heavy atom. The first kappa shape index (κ1) is 16.8. The summed E-state index contributed by atoms with van der Waals surface area (Å²) in [7, 11) is 0. The minimum atomic E-state index is -1.06. The average molecular weight is 275 g/mol. The number of carbonyl (C=O) groups excluding carboxylic acids is 1. The zero-order valence-electron chi connectivity index (χ0n) is 11.2. The van der Waals surface area contributed by atoms with E-state index in [9.17, 15) is 9.59 Å². The van der Waals surface area contributed by atoms with Crippen molar-refractivity contribution >= 4 is 23.8 Å². The lowest BCUT2D eigenvalue weighted by molar-refractivity contribution is -0.139. The lowest BCUT2D eigenvalue weighted by atomic mass is 10.1. The first-order valence-electron chi connectivity index (χ1n) is 5.66. The van der Waals surface area contributed by atoms with Crippen molar-refractivity contribution in [1.29, 1.82) is 0 Å². The number of ether oxygens (including phenoxy) is 1. The average Bonchev–Trinajstić information content (AvgIpc) is 2.19. The third kappa shape index (κ3) is 8.92. The van der Waals surface area contributed by atoms with E-state index in [1.807, 2.05) is 17.7 Å². The standard InChI is InChI=1S/C12H21NO4S/c1-12(2,3)17-11(16)13-9(10(14)15)7-5-6-8-18-4/h6,8-9H,5,7H2,1-4H3,(H,13,16)(H,14,15)/b8-6+. The molecule has 0 heterocycles. The summed E-state index contributed by atoms with van der Waals surface area (Å²) in [6.45, 7) is 5.18. The van der Waals surface area contributed by atoms with Gasteiger partial charge in [0, 0.05) is 0 Å². The Balaban J connectivity index is 4.23.